The molecular formula is C17H30N6OS. The molecular weight excluding hydrogens is 336 g/mol. The van der Waals surface area contributed by atoms with Crippen LogP contribution in [0.25, 0.3) is 0 Å². The Morgan fingerprint density at radius 1 is 1.44 bits per heavy atom. The lowest BCUT2D eigenvalue weighted by atomic mass is 10.1. The van der Waals surface area contributed by atoms with Gasteiger partial charge in [0.2, 0.25) is 5.91 Å². The first-order chi connectivity index (χ1) is 12.0. The lowest BCUT2D eigenvalue weighted by molar-refractivity contribution is -0.130. The van der Waals surface area contributed by atoms with E-state index in [0.717, 1.165) is 43.4 Å². The van der Waals surface area contributed by atoms with Crippen LogP contribution in [0.5, 0.6) is 0 Å². The fraction of sp³-hybridized carbons (Fsp3) is 0.706. The monoisotopic (exact) mass is 366 g/mol. The Bertz CT molecular complexity index is 577. The largest absolute Gasteiger partial charge is 0.357 e. The number of thiazole rings is 1. The van der Waals surface area contributed by atoms with Crippen LogP contribution in [0.4, 0.5) is 0 Å². The van der Waals surface area contributed by atoms with Crippen LogP contribution in [0, 0.1) is 6.92 Å². The molecule has 0 aromatic carbocycles. The summed E-state index contributed by atoms with van der Waals surface area (Å²) < 4.78 is 0. The van der Waals surface area contributed by atoms with Gasteiger partial charge in [-0.3, -0.25) is 9.69 Å². The summed E-state index contributed by atoms with van der Waals surface area (Å²) in [5.74, 6) is 1.01. The van der Waals surface area contributed by atoms with Crippen LogP contribution in [0.1, 0.15) is 29.7 Å². The fourth-order valence-corrected chi connectivity index (χ4v) is 3.41. The van der Waals surface area contributed by atoms with Gasteiger partial charge in [-0.1, -0.05) is 0 Å². The van der Waals surface area contributed by atoms with Crippen molar-refractivity contribution in [1.82, 2.24) is 25.4 Å². The van der Waals surface area contributed by atoms with E-state index >= 15 is 0 Å². The van der Waals surface area contributed by atoms with Gasteiger partial charge in [0.15, 0.2) is 5.96 Å². The van der Waals surface area contributed by atoms with Crippen molar-refractivity contribution in [2.75, 3.05) is 40.3 Å². The molecule has 1 aliphatic rings. The van der Waals surface area contributed by atoms with Gasteiger partial charge in [-0.25, -0.2) is 9.98 Å². The van der Waals surface area contributed by atoms with E-state index in [9.17, 15) is 4.79 Å². The third kappa shape index (κ3) is 6.62. The number of guanidine groups is 1. The average Bonchev–Trinajstić information content (AvgIpc) is 3.00. The van der Waals surface area contributed by atoms with E-state index in [1.165, 1.54) is 4.88 Å². The van der Waals surface area contributed by atoms with Crippen LogP contribution in [0.3, 0.4) is 0 Å². The number of piperidine rings is 1. The summed E-state index contributed by atoms with van der Waals surface area (Å²) in [7, 11) is 3.61. The number of carbonyl (C=O) groups is 1. The minimum atomic E-state index is 0.167. The predicted octanol–water partition coefficient (Wildman–Crippen LogP) is 1.06. The van der Waals surface area contributed by atoms with E-state index in [0.29, 0.717) is 19.1 Å². The molecule has 1 fully saturated rings. The van der Waals surface area contributed by atoms with Gasteiger partial charge in [0, 0.05) is 50.8 Å². The Hall–Kier alpha value is -1.67. The lowest BCUT2D eigenvalue weighted by Gasteiger charge is -2.33. The van der Waals surface area contributed by atoms with E-state index in [1.807, 2.05) is 6.20 Å². The van der Waals surface area contributed by atoms with Gasteiger partial charge in [-0.2, -0.15) is 0 Å². The Labute approximate surface area is 154 Å². The zero-order valence-corrected chi connectivity index (χ0v) is 16.5. The second-order valence-corrected chi connectivity index (χ2v) is 7.86. The highest BCUT2D eigenvalue weighted by Gasteiger charge is 2.22. The molecule has 0 radical (unpaired) electrons. The van der Waals surface area contributed by atoms with Gasteiger partial charge in [0.05, 0.1) is 13.1 Å². The highest BCUT2D eigenvalue weighted by atomic mass is 32.1. The third-order valence-corrected chi connectivity index (χ3v) is 5.07. The number of aryl methyl sites for hydroxylation is 1. The van der Waals surface area contributed by atoms with Crippen LogP contribution in [-0.4, -0.2) is 73.0 Å². The van der Waals surface area contributed by atoms with Gasteiger partial charge < -0.3 is 15.5 Å². The molecule has 2 N–H and O–H groups in total. The highest BCUT2D eigenvalue weighted by molar-refractivity contribution is 7.11. The molecule has 1 aliphatic heterocycles. The van der Waals surface area contributed by atoms with Crippen molar-refractivity contribution in [3.63, 3.8) is 0 Å². The Morgan fingerprint density at radius 2 is 2.16 bits per heavy atom. The molecule has 0 atom stereocenters. The number of aliphatic imine (C=N–C) groups is 1. The number of likely N-dealkylation sites (tertiary alicyclic amines) is 1. The van der Waals surface area contributed by atoms with E-state index in [4.69, 9.17) is 0 Å². The number of rotatable bonds is 6. The van der Waals surface area contributed by atoms with Gasteiger partial charge in [0.1, 0.15) is 5.01 Å². The van der Waals surface area contributed by atoms with Crippen molar-refractivity contribution in [3.8, 4) is 0 Å². The van der Waals surface area contributed by atoms with E-state index < -0.39 is 0 Å². The molecule has 1 saturated heterocycles. The number of amides is 1. The predicted molar refractivity (Wildman–Crippen MR) is 103 cm³/mol. The number of nitrogens with one attached hydrogen (secondary N) is 2. The van der Waals surface area contributed by atoms with E-state index in [2.05, 4.69) is 39.4 Å². The summed E-state index contributed by atoms with van der Waals surface area (Å²) in [6.07, 6.45) is 3.92. The van der Waals surface area contributed by atoms with Gasteiger partial charge >= 0.3 is 0 Å². The summed E-state index contributed by atoms with van der Waals surface area (Å²) in [6, 6.07) is 0.390. The van der Waals surface area contributed by atoms with Gasteiger partial charge in [0.25, 0.3) is 0 Å². The van der Waals surface area contributed by atoms with Crippen LogP contribution in [-0.2, 0) is 11.3 Å². The molecule has 1 aromatic rings. The summed E-state index contributed by atoms with van der Waals surface area (Å²) >= 11 is 1.69. The van der Waals surface area contributed by atoms with Gasteiger partial charge in [-0.15, -0.1) is 11.3 Å². The van der Waals surface area contributed by atoms with Crippen molar-refractivity contribution in [2.45, 2.75) is 39.3 Å². The first-order valence-corrected chi connectivity index (χ1v) is 9.68. The Morgan fingerprint density at radius 3 is 2.72 bits per heavy atom. The maximum Gasteiger partial charge on any atom is 0.236 e. The number of carbonyl (C=O) groups excluding carboxylic acids is 1. The van der Waals surface area contributed by atoms with Crippen molar-refractivity contribution in [3.05, 3.63) is 16.1 Å². The van der Waals surface area contributed by atoms with Crippen molar-refractivity contribution >= 4 is 23.2 Å². The van der Waals surface area contributed by atoms with Crippen LogP contribution >= 0.6 is 11.3 Å². The number of hydrogen-bond donors (Lipinski definition) is 2. The minimum absolute atomic E-state index is 0.167. The van der Waals surface area contributed by atoms with Crippen LogP contribution in [0.2, 0.25) is 0 Å². The SMILES string of the molecule is CCNC(=NCc1ncc(C)s1)NC1CCN(CC(=O)N(C)C)CC1. The van der Waals surface area contributed by atoms with Crippen molar-refractivity contribution in [2.24, 2.45) is 4.99 Å². The summed E-state index contributed by atoms with van der Waals surface area (Å²) in [5.41, 5.74) is 0. The van der Waals surface area contributed by atoms with Gasteiger partial charge in [-0.05, 0) is 26.7 Å². The summed E-state index contributed by atoms with van der Waals surface area (Å²) in [4.78, 5) is 25.9. The second-order valence-electron chi connectivity index (χ2n) is 6.54. The molecule has 25 heavy (non-hydrogen) atoms. The highest BCUT2D eigenvalue weighted by Crippen LogP contribution is 2.13. The number of hydrogen-bond acceptors (Lipinski definition) is 5. The molecule has 140 valence electrons. The molecule has 0 aliphatic carbocycles. The molecule has 2 rings (SSSR count). The Kier molecular flexibility index (Phi) is 7.64. The van der Waals surface area contributed by atoms with E-state index in [-0.39, 0.29) is 5.91 Å². The molecule has 0 spiro atoms. The smallest absolute Gasteiger partial charge is 0.236 e. The molecule has 0 bridgehead atoms. The maximum absolute atomic E-state index is 11.8. The maximum atomic E-state index is 11.8. The van der Waals surface area contributed by atoms with Crippen LogP contribution < -0.4 is 10.6 Å². The minimum Gasteiger partial charge on any atom is -0.357 e. The summed E-state index contributed by atoms with van der Waals surface area (Å²) in [6.45, 7) is 7.94. The standard InChI is InChI=1S/C17H30N6OS/c1-5-18-17(20-11-15-19-10-13(2)25-15)21-14-6-8-23(9-7-14)12-16(24)22(3)4/h10,14H,5-9,11-12H2,1-4H3,(H2,18,20,21). The molecule has 7 nitrogen and oxygen atoms in total. The lowest BCUT2D eigenvalue weighted by Crippen LogP contribution is -2.50. The normalized spacial score (nSPS) is 16.7. The molecule has 0 saturated carbocycles. The second kappa shape index (κ2) is 9.72. The zero-order valence-electron chi connectivity index (χ0n) is 15.7. The first kappa shape index (κ1) is 19.7. The molecule has 1 amide bonds. The molecule has 1 aromatic heterocycles. The zero-order chi connectivity index (χ0) is 18.2. The van der Waals surface area contributed by atoms with Crippen LogP contribution in [0.15, 0.2) is 11.2 Å². The fourth-order valence-electron chi connectivity index (χ4n) is 2.70. The topological polar surface area (TPSA) is 72.9 Å². The third-order valence-electron chi connectivity index (χ3n) is 4.17. The first-order valence-electron chi connectivity index (χ1n) is 8.86. The number of likely N-dealkylation sites (N-methyl/N-ethyl adjacent to an activating group) is 1. The quantitative estimate of drug-likeness (QED) is 0.582. The number of nitrogens with zero attached hydrogens (tertiary/aromatic N) is 4. The number of aromatic nitrogens is 1. The van der Waals surface area contributed by atoms with Crippen molar-refractivity contribution < 1.29 is 4.79 Å². The van der Waals surface area contributed by atoms with Crippen molar-refractivity contribution in [1.29, 1.82) is 0 Å². The molecule has 2 heterocycles. The molecule has 0 unspecified atom stereocenters. The summed E-state index contributed by atoms with van der Waals surface area (Å²) in [5, 5.41) is 7.86. The average molecular weight is 367 g/mol. The molecule has 8 heteroatoms. The van der Waals surface area contributed by atoms with E-state index in [1.54, 1.807) is 30.3 Å². The Balaban J connectivity index is 1.81.